The summed E-state index contributed by atoms with van der Waals surface area (Å²) in [5.41, 5.74) is 0.361. The van der Waals surface area contributed by atoms with Crippen LogP contribution in [-0.2, 0) is 6.54 Å². The number of nitro groups is 1. The van der Waals surface area contributed by atoms with Gasteiger partial charge in [0.1, 0.15) is 5.82 Å². The molecule has 0 fully saturated rings. The first-order chi connectivity index (χ1) is 12.0. The molecule has 6 nitrogen and oxygen atoms in total. The molecule has 0 bridgehead atoms. The second kappa shape index (κ2) is 6.94. The number of nitrogens with zero attached hydrogens (tertiary/aromatic N) is 3. The molecule has 2 aromatic carbocycles. The van der Waals surface area contributed by atoms with Crippen LogP contribution in [0, 0.1) is 15.9 Å². The lowest BCUT2D eigenvalue weighted by atomic mass is 10.2. The summed E-state index contributed by atoms with van der Waals surface area (Å²) in [7, 11) is 0. The van der Waals surface area contributed by atoms with Crippen LogP contribution in [0.5, 0.6) is 0 Å². The molecule has 8 heteroatoms. The first-order valence-corrected chi connectivity index (χ1v) is 8.44. The van der Waals surface area contributed by atoms with Gasteiger partial charge in [-0.05, 0) is 24.6 Å². The maximum atomic E-state index is 14.2. The van der Waals surface area contributed by atoms with E-state index in [-0.39, 0.29) is 17.1 Å². The van der Waals surface area contributed by atoms with Gasteiger partial charge in [0, 0.05) is 24.2 Å². The summed E-state index contributed by atoms with van der Waals surface area (Å²) >= 11 is 1.21. The van der Waals surface area contributed by atoms with Crippen LogP contribution >= 0.6 is 11.3 Å². The van der Waals surface area contributed by atoms with Crippen LogP contribution in [0.25, 0.3) is 10.2 Å². The van der Waals surface area contributed by atoms with Gasteiger partial charge in [0.05, 0.1) is 15.1 Å². The maximum absolute atomic E-state index is 14.2. The van der Waals surface area contributed by atoms with E-state index in [1.54, 1.807) is 16.7 Å². The summed E-state index contributed by atoms with van der Waals surface area (Å²) in [6.07, 6.45) is 0.748. The Morgan fingerprint density at radius 2 is 2.08 bits per heavy atom. The lowest BCUT2D eigenvalue weighted by Gasteiger charge is -2.03. The van der Waals surface area contributed by atoms with E-state index in [2.05, 4.69) is 4.99 Å². The van der Waals surface area contributed by atoms with E-state index in [1.807, 2.05) is 6.92 Å². The number of aryl methyl sites for hydroxylation is 1. The largest absolute Gasteiger partial charge is 0.314 e. The minimum Gasteiger partial charge on any atom is -0.314 e. The summed E-state index contributed by atoms with van der Waals surface area (Å²) < 4.78 is 16.5. The summed E-state index contributed by atoms with van der Waals surface area (Å²) in [4.78, 5) is 27.2. The van der Waals surface area contributed by atoms with Gasteiger partial charge in [-0.3, -0.25) is 14.9 Å². The van der Waals surface area contributed by atoms with Crippen LogP contribution in [0.4, 0.5) is 10.1 Å². The van der Waals surface area contributed by atoms with E-state index >= 15 is 0 Å². The first kappa shape index (κ1) is 17.0. The molecular formula is C17H14FN3O3S. The third-order valence-corrected chi connectivity index (χ3v) is 4.64. The molecule has 1 aromatic heterocycles. The normalized spacial score (nSPS) is 11.8. The van der Waals surface area contributed by atoms with E-state index in [1.165, 1.54) is 41.7 Å². The number of non-ortho nitro benzene ring substituents is 1. The lowest BCUT2D eigenvalue weighted by molar-refractivity contribution is -0.384. The molecule has 0 radical (unpaired) electrons. The van der Waals surface area contributed by atoms with Gasteiger partial charge < -0.3 is 4.57 Å². The van der Waals surface area contributed by atoms with Crippen molar-refractivity contribution in [3.8, 4) is 0 Å². The SMILES string of the molecule is CCCn1c(=NC(=O)c2cccc([N+](=O)[O-])c2)sc2cccc(F)c21. The number of rotatable bonds is 4. The molecule has 1 heterocycles. The van der Waals surface area contributed by atoms with Crippen LogP contribution in [0.2, 0.25) is 0 Å². The van der Waals surface area contributed by atoms with E-state index in [4.69, 9.17) is 0 Å². The molecule has 0 atom stereocenters. The zero-order chi connectivity index (χ0) is 18.0. The second-order valence-corrected chi connectivity index (χ2v) is 6.36. The van der Waals surface area contributed by atoms with Crippen molar-refractivity contribution in [1.82, 2.24) is 4.57 Å². The fourth-order valence-electron chi connectivity index (χ4n) is 2.51. The standard InChI is InChI=1S/C17H14FN3O3S/c1-2-9-20-15-13(18)7-4-8-14(15)25-17(20)19-16(22)11-5-3-6-12(10-11)21(23)24/h3-8,10H,2,9H2,1H3. The second-order valence-electron chi connectivity index (χ2n) is 5.35. The van der Waals surface area contributed by atoms with Crippen molar-refractivity contribution in [2.45, 2.75) is 19.9 Å². The number of carbonyl (C=O) groups excluding carboxylic acids is 1. The summed E-state index contributed by atoms with van der Waals surface area (Å²) in [6.45, 7) is 2.46. The number of carbonyl (C=O) groups is 1. The van der Waals surface area contributed by atoms with Gasteiger partial charge in [-0.1, -0.05) is 30.4 Å². The quantitative estimate of drug-likeness (QED) is 0.523. The number of nitro benzene ring substituents is 1. The number of hydrogen-bond donors (Lipinski definition) is 0. The summed E-state index contributed by atoms with van der Waals surface area (Å²) in [6, 6.07) is 10.1. The molecule has 0 saturated heterocycles. The zero-order valence-electron chi connectivity index (χ0n) is 13.3. The smallest absolute Gasteiger partial charge is 0.279 e. The Morgan fingerprint density at radius 3 is 2.80 bits per heavy atom. The molecule has 128 valence electrons. The number of aromatic nitrogens is 1. The topological polar surface area (TPSA) is 77.5 Å². The lowest BCUT2D eigenvalue weighted by Crippen LogP contribution is -2.17. The molecule has 0 unspecified atom stereocenters. The van der Waals surface area contributed by atoms with E-state index in [0.29, 0.717) is 21.6 Å². The van der Waals surface area contributed by atoms with Crippen LogP contribution in [0.3, 0.4) is 0 Å². The number of benzene rings is 2. The monoisotopic (exact) mass is 359 g/mol. The highest BCUT2D eigenvalue weighted by molar-refractivity contribution is 7.16. The maximum Gasteiger partial charge on any atom is 0.279 e. The molecule has 0 aliphatic heterocycles. The fourth-order valence-corrected chi connectivity index (χ4v) is 3.58. The summed E-state index contributed by atoms with van der Waals surface area (Å²) in [5.74, 6) is -0.966. The average Bonchev–Trinajstić information content (AvgIpc) is 2.94. The number of para-hydroxylation sites is 1. The zero-order valence-corrected chi connectivity index (χ0v) is 14.1. The minimum absolute atomic E-state index is 0.121. The van der Waals surface area contributed by atoms with Crippen LogP contribution in [0.15, 0.2) is 47.5 Å². The number of thiazole rings is 1. The highest BCUT2D eigenvalue weighted by Gasteiger charge is 2.14. The highest BCUT2D eigenvalue weighted by atomic mass is 32.1. The van der Waals surface area contributed by atoms with Crippen LogP contribution in [0.1, 0.15) is 23.7 Å². The molecule has 1 amide bonds. The van der Waals surface area contributed by atoms with Gasteiger partial charge in [0.2, 0.25) is 0 Å². The Morgan fingerprint density at radius 1 is 1.32 bits per heavy atom. The molecule has 3 rings (SSSR count). The number of halogens is 1. The highest BCUT2D eigenvalue weighted by Crippen LogP contribution is 2.21. The average molecular weight is 359 g/mol. The van der Waals surface area contributed by atoms with Gasteiger partial charge in [0.15, 0.2) is 4.80 Å². The Bertz CT molecular complexity index is 1040. The fraction of sp³-hybridized carbons (Fsp3) is 0.176. The third kappa shape index (κ3) is 3.34. The molecule has 0 spiro atoms. The van der Waals surface area contributed by atoms with Gasteiger partial charge in [-0.2, -0.15) is 4.99 Å². The Hall–Kier alpha value is -2.87. The van der Waals surface area contributed by atoms with Crippen molar-refractivity contribution in [2.24, 2.45) is 4.99 Å². The molecule has 0 N–H and O–H groups in total. The van der Waals surface area contributed by atoms with Crippen LogP contribution in [-0.4, -0.2) is 15.4 Å². The van der Waals surface area contributed by atoms with E-state index in [0.717, 1.165) is 6.42 Å². The molecule has 3 aromatic rings. The summed E-state index contributed by atoms with van der Waals surface area (Å²) in [5, 5.41) is 10.8. The molecular weight excluding hydrogens is 345 g/mol. The van der Waals surface area contributed by atoms with Crippen molar-refractivity contribution < 1.29 is 14.1 Å². The number of fused-ring (bicyclic) bond motifs is 1. The number of amides is 1. The predicted octanol–water partition coefficient (Wildman–Crippen LogP) is 3.90. The van der Waals surface area contributed by atoms with Crippen molar-refractivity contribution >= 4 is 33.1 Å². The molecule has 0 aliphatic rings. The van der Waals surface area contributed by atoms with Crippen molar-refractivity contribution in [3.05, 3.63) is 68.8 Å². The molecule has 0 saturated carbocycles. The minimum atomic E-state index is -0.597. The van der Waals surface area contributed by atoms with E-state index in [9.17, 15) is 19.3 Å². The number of hydrogen-bond acceptors (Lipinski definition) is 4. The molecule has 25 heavy (non-hydrogen) atoms. The Kier molecular flexibility index (Phi) is 4.71. The van der Waals surface area contributed by atoms with Gasteiger partial charge in [0.25, 0.3) is 11.6 Å². The van der Waals surface area contributed by atoms with Gasteiger partial charge in [-0.15, -0.1) is 0 Å². The first-order valence-electron chi connectivity index (χ1n) is 7.62. The van der Waals surface area contributed by atoms with Gasteiger partial charge >= 0.3 is 0 Å². The van der Waals surface area contributed by atoms with Crippen molar-refractivity contribution in [1.29, 1.82) is 0 Å². The van der Waals surface area contributed by atoms with Crippen molar-refractivity contribution in [2.75, 3.05) is 0 Å². The third-order valence-electron chi connectivity index (χ3n) is 3.60. The Balaban J connectivity index is 2.13. The van der Waals surface area contributed by atoms with Crippen molar-refractivity contribution in [3.63, 3.8) is 0 Å². The van der Waals surface area contributed by atoms with Gasteiger partial charge in [-0.25, -0.2) is 4.39 Å². The Labute approximate surface area is 146 Å². The molecule has 0 aliphatic carbocycles. The van der Waals surface area contributed by atoms with E-state index < -0.39 is 10.8 Å². The van der Waals surface area contributed by atoms with Crippen LogP contribution < -0.4 is 4.80 Å². The predicted molar refractivity (Wildman–Crippen MR) is 93.1 cm³/mol.